The highest BCUT2D eigenvalue weighted by atomic mass is 19.1. The Morgan fingerprint density at radius 3 is 2.35 bits per heavy atom. The molecular formula is C24H24FN5O. The third-order valence-corrected chi connectivity index (χ3v) is 5.49. The molecule has 3 aromatic heterocycles. The van der Waals surface area contributed by atoms with Crippen molar-refractivity contribution in [3.63, 3.8) is 0 Å². The van der Waals surface area contributed by atoms with Gasteiger partial charge in [0.25, 0.3) is 5.91 Å². The molecule has 158 valence electrons. The van der Waals surface area contributed by atoms with E-state index >= 15 is 0 Å². The van der Waals surface area contributed by atoms with E-state index in [2.05, 4.69) is 37.3 Å². The topological polar surface area (TPSA) is 71.0 Å². The molecular weight excluding hydrogens is 393 g/mol. The standard InChI is InChI=1S/C24H24FN5O/c1-3-19(18-7-9-23(28-13-18)30-10-4-5-11-30)17-6-8-22(27-12-17)29-24(31)20-14-26-15-21(25)16(20)2/h3,6-9,12-15H,4-5,10-11H2,1-2H3,(H,27,29,31)/b19-3+. The first kappa shape index (κ1) is 20.7. The first-order valence-corrected chi connectivity index (χ1v) is 10.3. The number of aromatic nitrogens is 3. The molecule has 6 nitrogen and oxygen atoms in total. The van der Waals surface area contributed by atoms with Gasteiger partial charge in [-0.25, -0.2) is 14.4 Å². The molecule has 0 spiro atoms. The molecule has 1 aliphatic rings. The van der Waals surface area contributed by atoms with Gasteiger partial charge in [-0.05, 0) is 56.5 Å². The molecule has 4 heterocycles. The van der Waals surface area contributed by atoms with Crippen molar-refractivity contribution >= 4 is 23.1 Å². The van der Waals surface area contributed by atoms with E-state index in [1.807, 2.05) is 25.3 Å². The van der Waals surface area contributed by atoms with Crippen molar-refractivity contribution in [3.05, 3.63) is 83.2 Å². The summed E-state index contributed by atoms with van der Waals surface area (Å²) in [7, 11) is 0. The molecule has 1 amide bonds. The predicted molar refractivity (Wildman–Crippen MR) is 120 cm³/mol. The highest BCUT2D eigenvalue weighted by molar-refractivity contribution is 6.04. The molecule has 1 aliphatic heterocycles. The third-order valence-electron chi connectivity index (χ3n) is 5.49. The molecule has 0 radical (unpaired) electrons. The zero-order valence-corrected chi connectivity index (χ0v) is 17.6. The van der Waals surface area contributed by atoms with Crippen LogP contribution >= 0.6 is 0 Å². The number of rotatable bonds is 5. The summed E-state index contributed by atoms with van der Waals surface area (Å²) < 4.78 is 13.7. The van der Waals surface area contributed by atoms with Crippen LogP contribution in [0, 0.1) is 12.7 Å². The van der Waals surface area contributed by atoms with Gasteiger partial charge in [-0.2, -0.15) is 0 Å². The molecule has 1 saturated heterocycles. The Hall–Kier alpha value is -3.61. The maximum Gasteiger partial charge on any atom is 0.258 e. The van der Waals surface area contributed by atoms with Crippen molar-refractivity contribution in [3.8, 4) is 0 Å². The van der Waals surface area contributed by atoms with Crippen LogP contribution in [0.25, 0.3) is 5.57 Å². The summed E-state index contributed by atoms with van der Waals surface area (Å²) in [5.41, 5.74) is 3.37. The number of pyridine rings is 3. The van der Waals surface area contributed by atoms with Crippen molar-refractivity contribution in [2.45, 2.75) is 26.7 Å². The number of allylic oxidation sites excluding steroid dienone is 1. The maximum absolute atomic E-state index is 13.7. The minimum Gasteiger partial charge on any atom is -0.357 e. The first-order chi connectivity index (χ1) is 15.1. The fourth-order valence-electron chi connectivity index (χ4n) is 3.72. The number of hydrogen-bond acceptors (Lipinski definition) is 5. The summed E-state index contributed by atoms with van der Waals surface area (Å²) in [5, 5.41) is 2.69. The second kappa shape index (κ2) is 9.04. The SMILES string of the molecule is C/C=C(\c1ccc(NC(=O)c2cncc(F)c2C)nc1)c1ccc(N2CCCC2)nc1. The zero-order chi connectivity index (χ0) is 21.8. The number of nitrogens with zero attached hydrogens (tertiary/aromatic N) is 4. The smallest absolute Gasteiger partial charge is 0.258 e. The van der Waals surface area contributed by atoms with Crippen LogP contribution in [0.2, 0.25) is 0 Å². The summed E-state index contributed by atoms with van der Waals surface area (Å²) in [4.78, 5) is 27.5. The lowest BCUT2D eigenvalue weighted by Gasteiger charge is -2.17. The van der Waals surface area contributed by atoms with Crippen molar-refractivity contribution in [2.24, 2.45) is 0 Å². The Morgan fingerprint density at radius 2 is 1.74 bits per heavy atom. The molecule has 3 aromatic rings. The van der Waals surface area contributed by atoms with Gasteiger partial charge in [-0.15, -0.1) is 0 Å². The number of anilines is 2. The molecule has 0 aliphatic carbocycles. The van der Waals surface area contributed by atoms with E-state index in [4.69, 9.17) is 0 Å². The second-order valence-electron chi connectivity index (χ2n) is 7.48. The van der Waals surface area contributed by atoms with Gasteiger partial charge in [-0.3, -0.25) is 9.78 Å². The maximum atomic E-state index is 13.7. The fourth-order valence-corrected chi connectivity index (χ4v) is 3.72. The van der Waals surface area contributed by atoms with Crippen LogP contribution in [0.15, 0.2) is 55.1 Å². The molecule has 0 unspecified atom stereocenters. The second-order valence-corrected chi connectivity index (χ2v) is 7.48. The molecule has 4 rings (SSSR count). The summed E-state index contributed by atoms with van der Waals surface area (Å²) in [6.07, 6.45) is 10.5. The van der Waals surface area contributed by atoms with Gasteiger partial charge in [0, 0.05) is 48.4 Å². The van der Waals surface area contributed by atoms with Gasteiger partial charge in [0.05, 0.1) is 11.8 Å². The number of halogens is 1. The van der Waals surface area contributed by atoms with Crippen molar-refractivity contribution in [1.82, 2.24) is 15.0 Å². The highest BCUT2D eigenvalue weighted by Crippen LogP contribution is 2.25. The largest absolute Gasteiger partial charge is 0.357 e. The molecule has 1 N–H and O–H groups in total. The van der Waals surface area contributed by atoms with Crippen LogP contribution in [0.5, 0.6) is 0 Å². The molecule has 0 bridgehead atoms. The van der Waals surface area contributed by atoms with Crippen LogP contribution < -0.4 is 10.2 Å². The number of amides is 1. The van der Waals surface area contributed by atoms with Crippen LogP contribution in [0.1, 0.15) is 46.8 Å². The number of carbonyl (C=O) groups is 1. The summed E-state index contributed by atoms with van der Waals surface area (Å²) in [6, 6.07) is 7.75. The third kappa shape index (κ3) is 4.45. The van der Waals surface area contributed by atoms with Crippen LogP contribution in [-0.2, 0) is 0 Å². The summed E-state index contributed by atoms with van der Waals surface area (Å²) >= 11 is 0. The summed E-state index contributed by atoms with van der Waals surface area (Å²) in [5.74, 6) is 0.432. The summed E-state index contributed by atoms with van der Waals surface area (Å²) in [6.45, 7) is 5.64. The van der Waals surface area contributed by atoms with Gasteiger partial charge in [0.1, 0.15) is 17.5 Å². The molecule has 0 aromatic carbocycles. The Morgan fingerprint density at radius 1 is 1.03 bits per heavy atom. The first-order valence-electron chi connectivity index (χ1n) is 10.3. The minimum absolute atomic E-state index is 0.184. The van der Waals surface area contributed by atoms with Gasteiger partial charge >= 0.3 is 0 Å². The van der Waals surface area contributed by atoms with E-state index in [1.54, 1.807) is 19.2 Å². The number of carbonyl (C=O) groups excluding carboxylic acids is 1. The monoisotopic (exact) mass is 417 g/mol. The Bertz CT molecular complexity index is 1100. The Balaban J connectivity index is 1.48. The van der Waals surface area contributed by atoms with Gasteiger partial charge in [0.2, 0.25) is 0 Å². The Kier molecular flexibility index (Phi) is 6.02. The highest BCUT2D eigenvalue weighted by Gasteiger charge is 2.15. The lowest BCUT2D eigenvalue weighted by atomic mass is 10.0. The zero-order valence-electron chi connectivity index (χ0n) is 17.6. The Labute approximate surface area is 180 Å². The molecule has 0 saturated carbocycles. The van der Waals surface area contributed by atoms with Crippen molar-refractivity contribution in [2.75, 3.05) is 23.3 Å². The van der Waals surface area contributed by atoms with Gasteiger partial charge in [-0.1, -0.05) is 6.08 Å². The van der Waals surface area contributed by atoms with Gasteiger partial charge < -0.3 is 10.2 Å². The molecule has 7 heteroatoms. The average Bonchev–Trinajstić information content (AvgIpc) is 3.33. The van der Waals surface area contributed by atoms with Crippen LogP contribution in [0.4, 0.5) is 16.0 Å². The van der Waals surface area contributed by atoms with Crippen LogP contribution in [-0.4, -0.2) is 33.9 Å². The fraction of sp³-hybridized carbons (Fsp3) is 0.250. The molecule has 0 atom stereocenters. The average molecular weight is 417 g/mol. The number of hydrogen-bond donors (Lipinski definition) is 1. The van der Waals surface area contributed by atoms with E-state index in [-0.39, 0.29) is 11.1 Å². The lowest BCUT2D eigenvalue weighted by molar-refractivity contribution is 0.102. The van der Waals surface area contributed by atoms with Crippen molar-refractivity contribution in [1.29, 1.82) is 0 Å². The van der Waals surface area contributed by atoms with E-state index in [1.165, 1.54) is 19.0 Å². The lowest BCUT2D eigenvalue weighted by Crippen LogP contribution is -2.18. The molecule has 1 fully saturated rings. The number of nitrogens with one attached hydrogen (secondary N) is 1. The van der Waals surface area contributed by atoms with Crippen LogP contribution in [0.3, 0.4) is 0 Å². The van der Waals surface area contributed by atoms with E-state index < -0.39 is 11.7 Å². The van der Waals surface area contributed by atoms with Crippen molar-refractivity contribution < 1.29 is 9.18 Å². The predicted octanol–water partition coefficient (Wildman–Crippen LogP) is 4.62. The van der Waals surface area contributed by atoms with E-state index in [0.717, 1.165) is 41.8 Å². The minimum atomic E-state index is -0.516. The quantitative estimate of drug-likeness (QED) is 0.656. The normalized spacial score (nSPS) is 14.0. The van der Waals surface area contributed by atoms with Gasteiger partial charge in [0.15, 0.2) is 0 Å². The van der Waals surface area contributed by atoms with E-state index in [0.29, 0.717) is 5.82 Å². The van der Waals surface area contributed by atoms with E-state index in [9.17, 15) is 9.18 Å². The molecule has 31 heavy (non-hydrogen) atoms.